The van der Waals surface area contributed by atoms with Crippen molar-refractivity contribution in [3.05, 3.63) is 29.8 Å². The van der Waals surface area contributed by atoms with E-state index in [4.69, 9.17) is 9.47 Å². The second kappa shape index (κ2) is 4.73. The van der Waals surface area contributed by atoms with Crippen molar-refractivity contribution in [3.8, 4) is 5.75 Å². The fourth-order valence-corrected chi connectivity index (χ4v) is 3.20. The predicted molar refractivity (Wildman–Crippen MR) is 77.9 cm³/mol. The number of hydrogen-bond acceptors (Lipinski definition) is 5. The molecule has 1 aromatic carbocycles. The van der Waals surface area contributed by atoms with Gasteiger partial charge in [0.15, 0.2) is 5.41 Å². The van der Waals surface area contributed by atoms with Gasteiger partial charge >= 0.3 is 11.9 Å². The van der Waals surface area contributed by atoms with Crippen LogP contribution in [0.4, 0.5) is 0 Å². The normalized spacial score (nSPS) is 24.3. The molecule has 1 atom stereocenters. The summed E-state index contributed by atoms with van der Waals surface area (Å²) in [7, 11) is 0. The first kappa shape index (κ1) is 14.9. The molecule has 0 unspecified atom stereocenters. The largest absolute Gasteiger partial charge is 0.508 e. The molecule has 2 aliphatic rings. The molecular formula is C17H20O5. The van der Waals surface area contributed by atoms with Crippen molar-refractivity contribution < 1.29 is 24.2 Å². The van der Waals surface area contributed by atoms with Gasteiger partial charge in [-0.25, -0.2) is 0 Å². The minimum atomic E-state index is -1.35. The number of phenols is 1. The molecule has 0 spiro atoms. The number of carbonyl (C=O) groups excluding carboxylic acids is 2. The summed E-state index contributed by atoms with van der Waals surface area (Å²) in [6, 6.07) is 6.64. The van der Waals surface area contributed by atoms with E-state index in [9.17, 15) is 14.7 Å². The third kappa shape index (κ3) is 2.34. The molecule has 22 heavy (non-hydrogen) atoms. The van der Waals surface area contributed by atoms with Crippen molar-refractivity contribution in [2.75, 3.05) is 0 Å². The molecule has 1 saturated heterocycles. The molecular weight excluding hydrogens is 284 g/mol. The third-order valence-corrected chi connectivity index (χ3v) is 4.49. The molecule has 1 N–H and O–H groups in total. The lowest BCUT2D eigenvalue weighted by Crippen LogP contribution is -2.55. The van der Waals surface area contributed by atoms with E-state index in [0.717, 1.165) is 18.4 Å². The molecule has 0 amide bonds. The van der Waals surface area contributed by atoms with Gasteiger partial charge in [0.25, 0.3) is 5.79 Å². The van der Waals surface area contributed by atoms with Gasteiger partial charge in [-0.15, -0.1) is 0 Å². The fraction of sp³-hybridized carbons (Fsp3) is 0.529. The van der Waals surface area contributed by atoms with E-state index in [1.54, 1.807) is 45.0 Å². The summed E-state index contributed by atoms with van der Waals surface area (Å²) in [5.41, 5.74) is -0.510. The van der Waals surface area contributed by atoms with Crippen molar-refractivity contribution in [2.24, 2.45) is 11.3 Å². The highest BCUT2D eigenvalue weighted by atomic mass is 16.7. The van der Waals surface area contributed by atoms with Gasteiger partial charge in [0.1, 0.15) is 5.75 Å². The maximum atomic E-state index is 12.6. The quantitative estimate of drug-likeness (QED) is 0.686. The Morgan fingerprint density at radius 2 is 1.55 bits per heavy atom. The molecule has 1 heterocycles. The Labute approximate surface area is 129 Å². The fourth-order valence-electron chi connectivity index (χ4n) is 3.20. The Morgan fingerprint density at radius 3 is 2.00 bits per heavy atom. The Kier molecular flexibility index (Phi) is 3.20. The third-order valence-electron chi connectivity index (χ3n) is 4.49. The topological polar surface area (TPSA) is 72.8 Å². The van der Waals surface area contributed by atoms with Crippen molar-refractivity contribution in [1.29, 1.82) is 0 Å². The molecule has 1 aliphatic carbocycles. The van der Waals surface area contributed by atoms with Crippen LogP contribution in [0, 0.1) is 11.3 Å². The number of ether oxygens (including phenoxy) is 2. The van der Waals surface area contributed by atoms with Gasteiger partial charge in [-0.1, -0.05) is 12.1 Å². The summed E-state index contributed by atoms with van der Waals surface area (Å²) in [4.78, 5) is 25.2. The molecule has 118 valence electrons. The van der Waals surface area contributed by atoms with Gasteiger partial charge in [-0.3, -0.25) is 9.59 Å². The molecule has 1 aromatic rings. The SMILES string of the molecule is CC1(C)OC(=O)C(C)([C@@H](c2ccc(O)cc2)C2CC2)C(=O)O1. The summed E-state index contributed by atoms with van der Waals surface area (Å²) < 4.78 is 10.7. The van der Waals surface area contributed by atoms with Crippen LogP contribution in [0.1, 0.15) is 45.1 Å². The van der Waals surface area contributed by atoms with Gasteiger partial charge in [-0.05, 0) is 43.4 Å². The van der Waals surface area contributed by atoms with Crippen LogP contribution in [-0.4, -0.2) is 22.8 Å². The Balaban J connectivity index is 2.02. The van der Waals surface area contributed by atoms with Crippen molar-refractivity contribution in [3.63, 3.8) is 0 Å². The van der Waals surface area contributed by atoms with Crippen molar-refractivity contribution >= 4 is 11.9 Å². The first-order valence-corrected chi connectivity index (χ1v) is 7.50. The van der Waals surface area contributed by atoms with Crippen LogP contribution in [0.5, 0.6) is 5.75 Å². The first-order valence-electron chi connectivity index (χ1n) is 7.50. The average molecular weight is 304 g/mol. The van der Waals surface area contributed by atoms with E-state index in [2.05, 4.69) is 0 Å². The zero-order valence-corrected chi connectivity index (χ0v) is 13.0. The van der Waals surface area contributed by atoms with Crippen LogP contribution in [-0.2, 0) is 19.1 Å². The maximum Gasteiger partial charge on any atom is 0.327 e. The van der Waals surface area contributed by atoms with E-state index >= 15 is 0 Å². The van der Waals surface area contributed by atoms with Crippen molar-refractivity contribution in [2.45, 2.75) is 45.3 Å². The van der Waals surface area contributed by atoms with Crippen LogP contribution in [0.2, 0.25) is 0 Å². The van der Waals surface area contributed by atoms with Gasteiger partial charge in [0.2, 0.25) is 0 Å². The Hall–Kier alpha value is -2.04. The number of phenolic OH excluding ortho intramolecular Hbond substituents is 1. The molecule has 5 heteroatoms. The smallest absolute Gasteiger partial charge is 0.327 e. The Morgan fingerprint density at radius 1 is 1.05 bits per heavy atom. The lowest BCUT2D eigenvalue weighted by Gasteiger charge is -2.42. The minimum Gasteiger partial charge on any atom is -0.508 e. The Bertz CT molecular complexity index is 592. The monoisotopic (exact) mass is 304 g/mol. The first-order chi connectivity index (χ1) is 10.2. The molecule has 1 aliphatic heterocycles. The number of rotatable bonds is 3. The van der Waals surface area contributed by atoms with Gasteiger partial charge in [-0.2, -0.15) is 0 Å². The van der Waals surface area contributed by atoms with Gasteiger partial charge in [0, 0.05) is 19.8 Å². The van der Waals surface area contributed by atoms with Crippen LogP contribution < -0.4 is 0 Å². The van der Waals surface area contributed by atoms with Crippen LogP contribution in [0.25, 0.3) is 0 Å². The minimum absolute atomic E-state index is 0.151. The number of esters is 2. The molecule has 0 bridgehead atoms. The summed E-state index contributed by atoms with van der Waals surface area (Å²) in [6.07, 6.45) is 1.93. The van der Waals surface area contributed by atoms with Crippen LogP contribution in [0.15, 0.2) is 24.3 Å². The highest BCUT2D eigenvalue weighted by Crippen LogP contribution is 2.54. The molecule has 2 fully saturated rings. The van der Waals surface area contributed by atoms with Gasteiger partial charge in [0.05, 0.1) is 0 Å². The highest BCUT2D eigenvalue weighted by molar-refractivity contribution is 6.02. The lowest BCUT2D eigenvalue weighted by atomic mass is 9.70. The number of benzene rings is 1. The molecule has 0 radical (unpaired) electrons. The van der Waals surface area contributed by atoms with E-state index in [-0.39, 0.29) is 17.6 Å². The zero-order valence-electron chi connectivity index (χ0n) is 13.0. The predicted octanol–water partition coefficient (Wildman–Crippen LogP) is 2.73. The summed E-state index contributed by atoms with van der Waals surface area (Å²) >= 11 is 0. The summed E-state index contributed by atoms with van der Waals surface area (Å²) in [5, 5.41) is 9.46. The number of hydrogen-bond donors (Lipinski definition) is 1. The zero-order chi connectivity index (χ0) is 16.1. The van der Waals surface area contributed by atoms with Gasteiger partial charge < -0.3 is 14.6 Å². The molecule has 5 nitrogen and oxygen atoms in total. The maximum absolute atomic E-state index is 12.6. The number of aromatic hydroxyl groups is 1. The summed E-state index contributed by atoms with van der Waals surface area (Å²) in [5.74, 6) is -2.22. The molecule has 1 saturated carbocycles. The van der Waals surface area contributed by atoms with E-state index in [1.165, 1.54) is 0 Å². The van der Waals surface area contributed by atoms with E-state index < -0.39 is 23.1 Å². The molecule has 3 rings (SSSR count). The van der Waals surface area contributed by atoms with Crippen LogP contribution >= 0.6 is 0 Å². The van der Waals surface area contributed by atoms with Crippen LogP contribution in [0.3, 0.4) is 0 Å². The lowest BCUT2D eigenvalue weighted by molar-refractivity contribution is -0.252. The summed E-state index contributed by atoms with van der Waals surface area (Å²) in [6.45, 7) is 4.70. The van der Waals surface area contributed by atoms with E-state index in [1.807, 2.05) is 0 Å². The average Bonchev–Trinajstić information content (AvgIpc) is 3.23. The number of cyclic esters (lactones) is 2. The second-order valence-electron chi connectivity index (χ2n) is 6.79. The molecule has 0 aromatic heterocycles. The van der Waals surface area contributed by atoms with Crippen molar-refractivity contribution in [1.82, 2.24) is 0 Å². The van der Waals surface area contributed by atoms with E-state index in [0.29, 0.717) is 0 Å². The highest BCUT2D eigenvalue weighted by Gasteiger charge is 2.60. The second-order valence-corrected chi connectivity index (χ2v) is 6.79. The standard InChI is InChI=1S/C17H20O5/c1-16(2)21-14(19)17(3,15(20)22-16)13(10-4-5-10)11-6-8-12(18)9-7-11/h6-10,13,18H,4-5H2,1-3H3/t13-/m1/s1. The number of carbonyl (C=O) groups is 2.